The number of amides is 1. The highest BCUT2D eigenvalue weighted by molar-refractivity contribution is 7.18. The van der Waals surface area contributed by atoms with E-state index in [1.54, 1.807) is 11.3 Å². The van der Waals surface area contributed by atoms with Gasteiger partial charge in [0.05, 0.1) is 28.7 Å². The second-order valence-corrected chi connectivity index (χ2v) is 7.46. The van der Waals surface area contributed by atoms with Crippen LogP contribution in [0.2, 0.25) is 0 Å². The molecule has 1 aromatic carbocycles. The molecule has 4 nitrogen and oxygen atoms in total. The summed E-state index contributed by atoms with van der Waals surface area (Å²) in [5.74, 6) is 0.863. The molecule has 0 fully saturated rings. The minimum atomic E-state index is -0.0267. The molecule has 1 amide bonds. The van der Waals surface area contributed by atoms with Crippen molar-refractivity contribution in [1.82, 2.24) is 5.32 Å². The van der Waals surface area contributed by atoms with Gasteiger partial charge in [-0.15, -0.1) is 22.7 Å². The van der Waals surface area contributed by atoms with Crippen LogP contribution in [-0.4, -0.2) is 19.1 Å². The van der Waals surface area contributed by atoms with E-state index in [0.29, 0.717) is 13.2 Å². The first kappa shape index (κ1) is 15.2. The highest BCUT2D eigenvalue weighted by Crippen LogP contribution is 2.39. The van der Waals surface area contributed by atoms with E-state index in [0.717, 1.165) is 32.7 Å². The van der Waals surface area contributed by atoms with E-state index in [4.69, 9.17) is 4.74 Å². The maximum atomic E-state index is 12.3. The zero-order valence-electron chi connectivity index (χ0n) is 12.9. The summed E-state index contributed by atoms with van der Waals surface area (Å²) < 4.78 is 5.69. The second-order valence-electron chi connectivity index (χ2n) is 5.37. The number of anilines is 2. The van der Waals surface area contributed by atoms with Crippen molar-refractivity contribution in [3.63, 3.8) is 0 Å². The minimum Gasteiger partial charge on any atom is -0.490 e. The second kappa shape index (κ2) is 6.67. The summed E-state index contributed by atoms with van der Waals surface area (Å²) >= 11 is 3.16. The van der Waals surface area contributed by atoms with Crippen molar-refractivity contribution in [2.75, 3.05) is 18.1 Å². The fourth-order valence-electron chi connectivity index (χ4n) is 2.66. The van der Waals surface area contributed by atoms with Crippen molar-refractivity contribution < 1.29 is 9.53 Å². The third-order valence-corrected chi connectivity index (χ3v) is 5.80. The number of ether oxygens (including phenoxy) is 1. The molecule has 3 aromatic rings. The molecule has 0 bridgehead atoms. The summed E-state index contributed by atoms with van der Waals surface area (Å²) in [5, 5.41) is 6.05. The van der Waals surface area contributed by atoms with E-state index in [1.807, 2.05) is 53.9 Å². The summed E-state index contributed by atoms with van der Waals surface area (Å²) in [6.07, 6.45) is 0. The van der Waals surface area contributed by atoms with Crippen LogP contribution in [0.4, 0.5) is 10.7 Å². The van der Waals surface area contributed by atoms with Gasteiger partial charge in [0.2, 0.25) is 0 Å². The average Bonchev–Trinajstić information content (AvgIpc) is 3.31. The van der Waals surface area contributed by atoms with Crippen LogP contribution < -0.4 is 15.0 Å². The van der Waals surface area contributed by atoms with Gasteiger partial charge < -0.3 is 15.0 Å². The molecule has 1 aliphatic heterocycles. The Labute approximate surface area is 148 Å². The molecule has 1 N–H and O–H groups in total. The Balaban J connectivity index is 1.50. The van der Waals surface area contributed by atoms with Crippen molar-refractivity contribution in [3.05, 3.63) is 63.7 Å². The molecular weight excluding hydrogens is 340 g/mol. The Bertz CT molecular complexity index is 842. The lowest BCUT2D eigenvalue weighted by Gasteiger charge is -2.29. The Morgan fingerprint density at radius 2 is 2.08 bits per heavy atom. The van der Waals surface area contributed by atoms with Crippen LogP contribution >= 0.6 is 22.7 Å². The maximum Gasteiger partial charge on any atom is 0.261 e. The third-order valence-electron chi connectivity index (χ3n) is 3.81. The first-order valence-electron chi connectivity index (χ1n) is 7.71. The number of hydrogen-bond donors (Lipinski definition) is 1. The Kier molecular flexibility index (Phi) is 4.23. The summed E-state index contributed by atoms with van der Waals surface area (Å²) in [6, 6.07) is 15.9. The summed E-state index contributed by atoms with van der Waals surface area (Å²) in [4.78, 5) is 16.4. The van der Waals surface area contributed by atoms with Gasteiger partial charge >= 0.3 is 0 Å². The Morgan fingerprint density at radius 3 is 2.96 bits per heavy atom. The molecule has 4 rings (SSSR count). The zero-order chi connectivity index (χ0) is 16.4. The molecule has 0 saturated heterocycles. The van der Waals surface area contributed by atoms with Gasteiger partial charge in [0.1, 0.15) is 12.4 Å². The van der Waals surface area contributed by atoms with Gasteiger partial charge in [0, 0.05) is 4.88 Å². The monoisotopic (exact) mass is 356 g/mol. The van der Waals surface area contributed by atoms with Crippen LogP contribution in [0.15, 0.2) is 53.9 Å². The van der Waals surface area contributed by atoms with E-state index < -0.39 is 0 Å². The van der Waals surface area contributed by atoms with Crippen LogP contribution in [0.5, 0.6) is 5.75 Å². The molecule has 1 aliphatic rings. The molecule has 0 spiro atoms. The van der Waals surface area contributed by atoms with Crippen LogP contribution in [0.1, 0.15) is 14.5 Å². The van der Waals surface area contributed by atoms with Crippen molar-refractivity contribution >= 4 is 39.3 Å². The molecule has 0 saturated carbocycles. The Morgan fingerprint density at radius 1 is 1.17 bits per heavy atom. The number of nitrogens with one attached hydrogen (secondary N) is 1. The van der Waals surface area contributed by atoms with E-state index in [-0.39, 0.29) is 5.91 Å². The number of para-hydroxylation sites is 2. The first-order chi connectivity index (χ1) is 11.8. The molecular formula is C18H16N2O2S2. The highest BCUT2D eigenvalue weighted by atomic mass is 32.1. The third kappa shape index (κ3) is 3.02. The van der Waals surface area contributed by atoms with Crippen LogP contribution in [0, 0.1) is 0 Å². The number of thiophene rings is 2. The van der Waals surface area contributed by atoms with Gasteiger partial charge in [-0.1, -0.05) is 18.2 Å². The molecule has 0 unspecified atom stereocenters. The molecule has 3 heterocycles. The topological polar surface area (TPSA) is 41.6 Å². The standard InChI is InChI=1S/C18H16N2O2S2/c21-18(19-12-13-4-3-11-23-13)16-7-8-17(24-16)20-9-10-22-15-6-2-1-5-14(15)20/h1-8,11H,9-10,12H2,(H,19,21). The zero-order valence-corrected chi connectivity index (χ0v) is 14.5. The van der Waals surface area contributed by atoms with Crippen molar-refractivity contribution in [2.24, 2.45) is 0 Å². The van der Waals surface area contributed by atoms with Gasteiger partial charge in [-0.2, -0.15) is 0 Å². The molecule has 122 valence electrons. The summed E-state index contributed by atoms with van der Waals surface area (Å²) in [7, 11) is 0. The number of nitrogens with zero attached hydrogens (tertiary/aromatic N) is 1. The van der Waals surface area contributed by atoms with Gasteiger partial charge in [0.15, 0.2) is 0 Å². The average molecular weight is 356 g/mol. The van der Waals surface area contributed by atoms with Crippen LogP contribution in [-0.2, 0) is 6.54 Å². The number of fused-ring (bicyclic) bond motifs is 1. The van der Waals surface area contributed by atoms with Crippen LogP contribution in [0.3, 0.4) is 0 Å². The molecule has 0 atom stereocenters. The fourth-order valence-corrected chi connectivity index (χ4v) is 4.27. The predicted octanol–water partition coefficient (Wildman–Crippen LogP) is 4.27. The Hall–Kier alpha value is -2.31. The minimum absolute atomic E-state index is 0.0267. The molecule has 0 aliphatic carbocycles. The van der Waals surface area contributed by atoms with Gasteiger partial charge in [-0.25, -0.2) is 0 Å². The summed E-state index contributed by atoms with van der Waals surface area (Å²) in [5.41, 5.74) is 1.05. The van der Waals surface area contributed by atoms with E-state index in [2.05, 4.69) is 10.2 Å². The number of carbonyl (C=O) groups is 1. The molecule has 2 aromatic heterocycles. The van der Waals surface area contributed by atoms with Crippen LogP contribution in [0.25, 0.3) is 0 Å². The predicted molar refractivity (Wildman–Crippen MR) is 98.8 cm³/mol. The largest absolute Gasteiger partial charge is 0.490 e. The van der Waals surface area contributed by atoms with E-state index in [9.17, 15) is 4.79 Å². The number of carbonyl (C=O) groups excluding carboxylic acids is 1. The number of hydrogen-bond acceptors (Lipinski definition) is 5. The SMILES string of the molecule is O=C(NCc1cccs1)c1ccc(N2CCOc3ccccc32)s1. The lowest BCUT2D eigenvalue weighted by molar-refractivity contribution is 0.0955. The van der Waals surface area contributed by atoms with Crippen molar-refractivity contribution in [2.45, 2.75) is 6.54 Å². The normalized spacial score (nSPS) is 13.2. The van der Waals surface area contributed by atoms with E-state index in [1.165, 1.54) is 11.3 Å². The highest BCUT2D eigenvalue weighted by Gasteiger charge is 2.21. The quantitative estimate of drug-likeness (QED) is 0.759. The van der Waals surface area contributed by atoms with Crippen molar-refractivity contribution in [1.29, 1.82) is 0 Å². The molecule has 6 heteroatoms. The van der Waals surface area contributed by atoms with Gasteiger partial charge in [-0.3, -0.25) is 4.79 Å². The fraction of sp³-hybridized carbons (Fsp3) is 0.167. The maximum absolute atomic E-state index is 12.3. The van der Waals surface area contributed by atoms with E-state index >= 15 is 0 Å². The first-order valence-corrected chi connectivity index (χ1v) is 9.41. The smallest absolute Gasteiger partial charge is 0.261 e. The molecule has 0 radical (unpaired) electrons. The lowest BCUT2D eigenvalue weighted by Crippen LogP contribution is -2.27. The number of benzene rings is 1. The molecule has 24 heavy (non-hydrogen) atoms. The van der Waals surface area contributed by atoms with Gasteiger partial charge in [-0.05, 0) is 35.7 Å². The number of rotatable bonds is 4. The summed E-state index contributed by atoms with van der Waals surface area (Å²) in [6.45, 7) is 2.01. The van der Waals surface area contributed by atoms with Gasteiger partial charge in [0.25, 0.3) is 5.91 Å². The van der Waals surface area contributed by atoms with Crippen molar-refractivity contribution in [3.8, 4) is 5.75 Å². The lowest BCUT2D eigenvalue weighted by atomic mass is 10.2.